The van der Waals surface area contributed by atoms with Crippen molar-refractivity contribution in [3.8, 4) is 22.3 Å². The maximum Gasteiger partial charge on any atom is -0.0000708 e. The van der Waals surface area contributed by atoms with E-state index in [1.165, 1.54) is 142 Å². The molecule has 0 aromatic heterocycles. The van der Waals surface area contributed by atoms with Crippen LogP contribution in [-0.2, 0) is 32.5 Å². The lowest BCUT2D eigenvalue weighted by Crippen LogP contribution is -2.11. The maximum absolute atomic E-state index is 2.58. The fourth-order valence-electron chi connectivity index (χ4n) is 12.0. The molecule has 354 valence electrons. The van der Waals surface area contributed by atoms with E-state index in [4.69, 9.17) is 0 Å². The van der Waals surface area contributed by atoms with E-state index >= 15 is 0 Å². The van der Waals surface area contributed by atoms with E-state index < -0.39 is 0 Å². The van der Waals surface area contributed by atoms with Crippen molar-refractivity contribution in [3.05, 3.63) is 155 Å². The average molecular weight is 915 g/mol. The molecule has 0 unspecified atom stereocenters. The summed E-state index contributed by atoms with van der Waals surface area (Å²) in [4.78, 5) is 0. The lowest BCUT2D eigenvalue weighted by molar-refractivity contribution is 0.590. The Kier molecular flexibility index (Phi) is 9.81. The Labute approximate surface area is 418 Å². The first kappa shape index (κ1) is 46.4. The van der Waals surface area contributed by atoms with Crippen molar-refractivity contribution < 1.29 is 0 Å². The fourth-order valence-corrected chi connectivity index (χ4v) is 12.0. The Morgan fingerprint density at radius 2 is 0.400 bits per heavy atom. The van der Waals surface area contributed by atoms with Gasteiger partial charge in [0.25, 0.3) is 0 Å². The van der Waals surface area contributed by atoms with Crippen molar-refractivity contribution in [2.45, 2.75) is 157 Å². The van der Waals surface area contributed by atoms with E-state index in [0.29, 0.717) is 0 Å². The predicted octanol–water partition coefficient (Wildman–Crippen LogP) is 20.9. The molecule has 0 atom stereocenters. The lowest BCUT2D eigenvalue weighted by atomic mass is 9.79. The zero-order valence-electron chi connectivity index (χ0n) is 45.5. The fraction of sp³-hybridized carbons (Fsp3) is 0.343. The van der Waals surface area contributed by atoms with E-state index in [9.17, 15) is 0 Å². The first-order valence-electron chi connectivity index (χ1n) is 26.1. The summed E-state index contributed by atoms with van der Waals surface area (Å²) in [6, 6.07) is 49.3. The molecule has 0 spiro atoms. The van der Waals surface area contributed by atoms with Crippen LogP contribution in [0.15, 0.2) is 121 Å². The molecule has 0 N–H and O–H groups in total. The summed E-state index contributed by atoms with van der Waals surface area (Å²) in [5.74, 6) is 0. The minimum Gasteiger partial charge on any atom is -0.0579 e. The van der Waals surface area contributed by atoms with Crippen LogP contribution < -0.4 is 0 Å². The molecule has 11 rings (SSSR count). The van der Waals surface area contributed by atoms with Gasteiger partial charge in [0.05, 0.1) is 0 Å². The standard InChI is InChI=1S/C70H74/c1-65(2,3)41-23-19-39(20-24-41)55-51-35-43(67(7,8)9)27-31-47(51)59-62-54-38-46(70(16,17)18)30-34-50(54)58-56(40-21-25-42(26-22-40)66(4,5)6)52-36-44(68(10,11)12)28-32-48(52)60(64(58)62)61-53-37-45(69(13,14)15)29-33-49(53)57(55)63(59)61/h19-38H,1-18H3. The molecule has 0 saturated carbocycles. The first-order valence-corrected chi connectivity index (χ1v) is 26.1. The van der Waals surface area contributed by atoms with Gasteiger partial charge in [-0.1, -0.05) is 222 Å². The molecule has 11 aromatic rings. The second kappa shape index (κ2) is 14.8. The Hall–Kier alpha value is -5.98. The third-order valence-electron chi connectivity index (χ3n) is 16.3. The topological polar surface area (TPSA) is 0 Å². The highest BCUT2D eigenvalue weighted by molar-refractivity contribution is 6.55. The quantitative estimate of drug-likeness (QED) is 0.120. The largest absolute Gasteiger partial charge is 0.0579 e. The Bertz CT molecular complexity index is 3660. The van der Waals surface area contributed by atoms with Crippen LogP contribution in [0.25, 0.3) is 108 Å². The zero-order valence-corrected chi connectivity index (χ0v) is 45.5. The van der Waals surface area contributed by atoms with Crippen LogP contribution in [0.1, 0.15) is 158 Å². The molecular weight excluding hydrogens is 841 g/mol. The highest BCUT2D eigenvalue weighted by Gasteiger charge is 2.32. The maximum atomic E-state index is 2.58. The minimum atomic E-state index is -0.0364. The monoisotopic (exact) mass is 915 g/mol. The van der Waals surface area contributed by atoms with Gasteiger partial charge in [-0.2, -0.15) is 0 Å². The third kappa shape index (κ3) is 6.97. The van der Waals surface area contributed by atoms with Crippen molar-refractivity contribution in [2.24, 2.45) is 0 Å². The van der Waals surface area contributed by atoms with Gasteiger partial charge in [-0.25, -0.2) is 0 Å². The highest BCUT2D eigenvalue weighted by atomic mass is 14.3. The molecular formula is C70H74. The number of hydrogen-bond acceptors (Lipinski definition) is 0. The van der Waals surface area contributed by atoms with Gasteiger partial charge < -0.3 is 0 Å². The summed E-state index contributed by atoms with van der Waals surface area (Å²) < 4.78 is 0. The van der Waals surface area contributed by atoms with Gasteiger partial charge in [0.2, 0.25) is 0 Å². The van der Waals surface area contributed by atoms with Crippen molar-refractivity contribution in [2.75, 3.05) is 0 Å². The number of fused-ring (bicyclic) bond motifs is 12. The summed E-state index contributed by atoms with van der Waals surface area (Å²) >= 11 is 0. The van der Waals surface area contributed by atoms with Gasteiger partial charge in [-0.15, -0.1) is 0 Å². The summed E-state index contributed by atoms with van der Waals surface area (Å²) in [5.41, 5.74) is 13.4. The van der Waals surface area contributed by atoms with Gasteiger partial charge in [0.1, 0.15) is 0 Å². The molecule has 11 aromatic carbocycles. The molecule has 0 bridgehead atoms. The van der Waals surface area contributed by atoms with Crippen LogP contribution >= 0.6 is 0 Å². The van der Waals surface area contributed by atoms with E-state index in [0.717, 1.165) is 0 Å². The number of rotatable bonds is 2. The SMILES string of the molecule is CC(C)(C)c1ccc(-c2c3cc(C(C)(C)C)ccc3c3c4c5cc(C(C)(C)C)ccc5c5c(-c6ccc(C(C)(C)C)cc6)c6cc(C(C)(C)C)ccc6c(c6c7cc(C(C)(C)C)ccc7c2c36)c54)cc1. The molecule has 0 saturated heterocycles. The summed E-state index contributed by atoms with van der Waals surface area (Å²) in [7, 11) is 0. The normalized spacial score (nSPS) is 13.9. The predicted molar refractivity (Wildman–Crippen MR) is 312 cm³/mol. The molecule has 0 nitrogen and oxygen atoms in total. The molecule has 0 fully saturated rings. The zero-order chi connectivity index (χ0) is 50.2. The summed E-state index contributed by atoms with van der Waals surface area (Å²) in [6.07, 6.45) is 0. The van der Waals surface area contributed by atoms with Crippen molar-refractivity contribution >= 4 is 86.2 Å². The minimum absolute atomic E-state index is 0.0363. The van der Waals surface area contributed by atoms with Gasteiger partial charge in [-0.05, 0) is 199 Å². The van der Waals surface area contributed by atoms with Crippen molar-refractivity contribution in [1.29, 1.82) is 0 Å². The smallest absolute Gasteiger partial charge is 0.0000708 e. The molecule has 0 aliphatic rings. The van der Waals surface area contributed by atoms with Gasteiger partial charge in [0.15, 0.2) is 0 Å². The van der Waals surface area contributed by atoms with Crippen molar-refractivity contribution in [3.63, 3.8) is 0 Å². The van der Waals surface area contributed by atoms with E-state index in [-0.39, 0.29) is 32.5 Å². The van der Waals surface area contributed by atoms with Crippen LogP contribution in [-0.4, -0.2) is 0 Å². The van der Waals surface area contributed by atoms with E-state index in [2.05, 4.69) is 246 Å². The lowest BCUT2D eigenvalue weighted by Gasteiger charge is -2.24. The van der Waals surface area contributed by atoms with E-state index in [1.807, 2.05) is 0 Å². The molecule has 0 amide bonds. The molecule has 0 aliphatic heterocycles. The Morgan fingerprint density at radius 3 is 0.657 bits per heavy atom. The molecule has 0 heterocycles. The number of hydrogen-bond donors (Lipinski definition) is 0. The average Bonchev–Trinajstić information content (AvgIpc) is 3.78. The highest BCUT2D eigenvalue weighted by Crippen LogP contribution is 2.59. The third-order valence-corrected chi connectivity index (χ3v) is 16.3. The van der Waals surface area contributed by atoms with E-state index in [1.54, 1.807) is 0 Å². The second-order valence-corrected chi connectivity index (χ2v) is 27.4. The van der Waals surface area contributed by atoms with Crippen LogP contribution in [0.5, 0.6) is 0 Å². The molecule has 0 heteroatoms. The van der Waals surface area contributed by atoms with Crippen LogP contribution in [0.2, 0.25) is 0 Å². The second-order valence-electron chi connectivity index (χ2n) is 27.4. The van der Waals surface area contributed by atoms with Gasteiger partial charge in [0, 0.05) is 0 Å². The van der Waals surface area contributed by atoms with Crippen molar-refractivity contribution in [1.82, 2.24) is 0 Å². The Morgan fingerprint density at radius 1 is 0.186 bits per heavy atom. The molecule has 0 radical (unpaired) electrons. The molecule has 0 aliphatic carbocycles. The summed E-state index contributed by atoms with van der Waals surface area (Å²) in [6.45, 7) is 42.3. The van der Waals surface area contributed by atoms with Crippen LogP contribution in [0.4, 0.5) is 0 Å². The molecule has 70 heavy (non-hydrogen) atoms. The number of benzene rings is 9. The Balaban J connectivity index is 1.51. The first-order chi connectivity index (χ1) is 32.5. The van der Waals surface area contributed by atoms with Gasteiger partial charge >= 0.3 is 0 Å². The summed E-state index contributed by atoms with van der Waals surface area (Å²) in [5, 5.41) is 21.9. The van der Waals surface area contributed by atoms with Crippen LogP contribution in [0.3, 0.4) is 0 Å². The van der Waals surface area contributed by atoms with Crippen LogP contribution in [0, 0.1) is 0 Å². The van der Waals surface area contributed by atoms with Gasteiger partial charge in [-0.3, -0.25) is 0 Å².